The predicted octanol–water partition coefficient (Wildman–Crippen LogP) is 6.72. The molecule has 0 aliphatic heterocycles. The summed E-state index contributed by atoms with van der Waals surface area (Å²) in [5.41, 5.74) is 1.30. The molecule has 0 saturated carbocycles. The van der Waals surface area contributed by atoms with Gasteiger partial charge < -0.3 is 9.47 Å². The van der Waals surface area contributed by atoms with Gasteiger partial charge in [-0.05, 0) is 56.2 Å². The first-order valence-corrected chi connectivity index (χ1v) is 9.67. The van der Waals surface area contributed by atoms with Crippen molar-refractivity contribution in [3.63, 3.8) is 0 Å². The van der Waals surface area contributed by atoms with Crippen LogP contribution in [0, 0.1) is 0 Å². The third-order valence-corrected chi connectivity index (χ3v) is 4.39. The summed E-state index contributed by atoms with van der Waals surface area (Å²) in [7, 11) is 3.41. The van der Waals surface area contributed by atoms with Crippen LogP contribution in [-0.4, -0.2) is 14.2 Å². The van der Waals surface area contributed by atoms with E-state index in [-0.39, 0.29) is 0 Å². The minimum absolute atomic E-state index is 0.883. The molecule has 24 heavy (non-hydrogen) atoms. The molecule has 0 amide bonds. The fourth-order valence-electron chi connectivity index (χ4n) is 2.88. The highest BCUT2D eigenvalue weighted by atomic mass is 16.5. The molecule has 0 N–H and O–H groups in total. The van der Waals surface area contributed by atoms with Crippen molar-refractivity contribution >= 4 is 0 Å². The Hall–Kier alpha value is -1.44. The second-order valence-corrected chi connectivity index (χ2v) is 6.49. The Bertz CT molecular complexity index is 429. The van der Waals surface area contributed by atoms with Crippen LogP contribution < -0.4 is 9.47 Å². The quantitative estimate of drug-likeness (QED) is 0.278. The molecule has 0 spiro atoms. The predicted molar refractivity (Wildman–Crippen MR) is 104 cm³/mol. The standard InChI is InChI=1S/C22H36O2/c1-4-5-6-7-8-9-10-11-12-13-14-15-16-20-17-21(23-2)19-22(18-20)24-3/h9-10,17-19H,4-8,11-16H2,1-3H3/b10-9-. The van der Waals surface area contributed by atoms with Crippen LogP contribution in [0.25, 0.3) is 0 Å². The Kier molecular flexibility index (Phi) is 12.0. The summed E-state index contributed by atoms with van der Waals surface area (Å²) < 4.78 is 10.6. The smallest absolute Gasteiger partial charge is 0.122 e. The second kappa shape index (κ2) is 13.9. The van der Waals surface area contributed by atoms with Crippen molar-refractivity contribution in [1.82, 2.24) is 0 Å². The zero-order chi connectivity index (χ0) is 17.5. The fourth-order valence-corrected chi connectivity index (χ4v) is 2.88. The van der Waals surface area contributed by atoms with Crippen molar-refractivity contribution < 1.29 is 9.47 Å². The van der Waals surface area contributed by atoms with Gasteiger partial charge in [0.15, 0.2) is 0 Å². The number of aryl methyl sites for hydroxylation is 1. The first-order chi connectivity index (χ1) is 11.8. The molecule has 1 aromatic rings. The van der Waals surface area contributed by atoms with E-state index in [0.717, 1.165) is 17.9 Å². The third-order valence-electron chi connectivity index (χ3n) is 4.39. The fraction of sp³-hybridized carbons (Fsp3) is 0.636. The number of rotatable bonds is 14. The van der Waals surface area contributed by atoms with Gasteiger partial charge >= 0.3 is 0 Å². The van der Waals surface area contributed by atoms with Crippen molar-refractivity contribution in [1.29, 1.82) is 0 Å². The normalized spacial score (nSPS) is 11.1. The number of hydrogen-bond acceptors (Lipinski definition) is 2. The van der Waals surface area contributed by atoms with Gasteiger partial charge in [0.1, 0.15) is 11.5 Å². The largest absolute Gasteiger partial charge is 0.497 e. The van der Waals surface area contributed by atoms with Crippen molar-refractivity contribution in [2.24, 2.45) is 0 Å². The van der Waals surface area contributed by atoms with Gasteiger partial charge in [-0.1, -0.05) is 51.2 Å². The lowest BCUT2D eigenvalue weighted by Gasteiger charge is -2.08. The number of ether oxygens (including phenoxy) is 2. The molecular weight excluding hydrogens is 296 g/mol. The van der Waals surface area contributed by atoms with E-state index >= 15 is 0 Å². The van der Waals surface area contributed by atoms with Crippen LogP contribution in [0.2, 0.25) is 0 Å². The van der Waals surface area contributed by atoms with Crippen molar-refractivity contribution in [2.75, 3.05) is 14.2 Å². The van der Waals surface area contributed by atoms with Crippen LogP contribution in [0.15, 0.2) is 30.4 Å². The van der Waals surface area contributed by atoms with E-state index in [1.54, 1.807) is 14.2 Å². The minimum atomic E-state index is 0.883. The van der Waals surface area contributed by atoms with Gasteiger partial charge in [-0.2, -0.15) is 0 Å². The molecule has 1 aromatic carbocycles. The van der Waals surface area contributed by atoms with E-state index < -0.39 is 0 Å². The maximum absolute atomic E-state index is 5.32. The summed E-state index contributed by atoms with van der Waals surface area (Å²) in [6.45, 7) is 2.26. The maximum atomic E-state index is 5.32. The Morgan fingerprint density at radius 2 is 1.25 bits per heavy atom. The SMILES string of the molecule is CCCCCC/C=C\CCCCCCc1cc(OC)cc(OC)c1. The van der Waals surface area contributed by atoms with Gasteiger partial charge in [0.25, 0.3) is 0 Å². The Morgan fingerprint density at radius 1 is 0.708 bits per heavy atom. The number of benzene rings is 1. The molecule has 0 saturated heterocycles. The summed E-state index contributed by atoms with van der Waals surface area (Å²) in [4.78, 5) is 0. The second-order valence-electron chi connectivity index (χ2n) is 6.49. The molecule has 2 nitrogen and oxygen atoms in total. The Labute approximate surface area is 149 Å². The van der Waals surface area contributed by atoms with Crippen molar-refractivity contribution in [3.8, 4) is 11.5 Å². The molecule has 0 radical (unpaired) electrons. The van der Waals surface area contributed by atoms with Crippen LogP contribution in [-0.2, 0) is 6.42 Å². The van der Waals surface area contributed by atoms with E-state index in [1.807, 2.05) is 6.07 Å². The highest BCUT2D eigenvalue weighted by molar-refractivity contribution is 5.38. The summed E-state index contributed by atoms with van der Waals surface area (Å²) in [6.07, 6.45) is 19.0. The summed E-state index contributed by atoms with van der Waals surface area (Å²) >= 11 is 0. The summed E-state index contributed by atoms with van der Waals surface area (Å²) in [5.74, 6) is 1.77. The zero-order valence-corrected chi connectivity index (χ0v) is 16.0. The molecular formula is C22H36O2. The van der Waals surface area contributed by atoms with Crippen LogP contribution in [0.5, 0.6) is 11.5 Å². The number of methoxy groups -OCH3 is 2. The summed E-state index contributed by atoms with van der Waals surface area (Å²) in [6, 6.07) is 6.16. The lowest BCUT2D eigenvalue weighted by molar-refractivity contribution is 0.393. The van der Waals surface area contributed by atoms with Crippen molar-refractivity contribution in [3.05, 3.63) is 35.9 Å². The van der Waals surface area contributed by atoms with Gasteiger partial charge in [0, 0.05) is 6.07 Å². The molecule has 0 aliphatic carbocycles. The minimum Gasteiger partial charge on any atom is -0.497 e. The van der Waals surface area contributed by atoms with E-state index in [4.69, 9.17) is 9.47 Å². The molecule has 0 fully saturated rings. The first-order valence-electron chi connectivity index (χ1n) is 9.67. The number of allylic oxidation sites excluding steroid dienone is 2. The topological polar surface area (TPSA) is 18.5 Å². The number of hydrogen-bond donors (Lipinski definition) is 0. The maximum Gasteiger partial charge on any atom is 0.122 e. The molecule has 0 aliphatic rings. The molecule has 0 bridgehead atoms. The monoisotopic (exact) mass is 332 g/mol. The average Bonchev–Trinajstić information content (AvgIpc) is 2.62. The molecule has 2 heteroatoms. The average molecular weight is 333 g/mol. The first kappa shape index (κ1) is 20.6. The lowest BCUT2D eigenvalue weighted by atomic mass is 10.0. The summed E-state index contributed by atoms with van der Waals surface area (Å²) in [5, 5.41) is 0. The van der Waals surface area contributed by atoms with Gasteiger partial charge in [0.05, 0.1) is 14.2 Å². The molecule has 0 unspecified atom stereocenters. The van der Waals surface area contributed by atoms with E-state index in [1.165, 1.54) is 69.8 Å². The van der Waals surface area contributed by atoms with Crippen molar-refractivity contribution in [2.45, 2.75) is 77.6 Å². The van der Waals surface area contributed by atoms with Crippen LogP contribution >= 0.6 is 0 Å². The van der Waals surface area contributed by atoms with Gasteiger partial charge in [-0.3, -0.25) is 0 Å². The molecule has 1 rings (SSSR count). The molecule has 0 aromatic heterocycles. The Morgan fingerprint density at radius 3 is 1.79 bits per heavy atom. The van der Waals surface area contributed by atoms with Crippen LogP contribution in [0.1, 0.15) is 76.7 Å². The highest BCUT2D eigenvalue weighted by Crippen LogP contribution is 2.23. The van der Waals surface area contributed by atoms with Gasteiger partial charge in [-0.15, -0.1) is 0 Å². The van der Waals surface area contributed by atoms with Gasteiger partial charge in [-0.25, -0.2) is 0 Å². The zero-order valence-electron chi connectivity index (χ0n) is 16.0. The Balaban J connectivity index is 2.07. The number of unbranched alkanes of at least 4 members (excludes halogenated alkanes) is 8. The molecule has 136 valence electrons. The molecule has 0 atom stereocenters. The highest BCUT2D eigenvalue weighted by Gasteiger charge is 2.01. The van der Waals surface area contributed by atoms with Crippen LogP contribution in [0.4, 0.5) is 0 Å². The van der Waals surface area contributed by atoms with Crippen LogP contribution in [0.3, 0.4) is 0 Å². The van der Waals surface area contributed by atoms with E-state index in [0.29, 0.717) is 0 Å². The van der Waals surface area contributed by atoms with E-state index in [2.05, 4.69) is 31.2 Å². The van der Waals surface area contributed by atoms with Gasteiger partial charge in [0.2, 0.25) is 0 Å². The van der Waals surface area contributed by atoms with E-state index in [9.17, 15) is 0 Å². The lowest BCUT2D eigenvalue weighted by Crippen LogP contribution is -1.92. The molecule has 0 heterocycles. The third kappa shape index (κ3) is 9.64.